The van der Waals surface area contributed by atoms with Gasteiger partial charge in [-0.25, -0.2) is 4.79 Å². The summed E-state index contributed by atoms with van der Waals surface area (Å²) in [6, 6.07) is 30.1. The highest BCUT2D eigenvalue weighted by atomic mass is 28.4. The lowest BCUT2D eigenvalue weighted by atomic mass is 9.98. The second-order valence-electron chi connectivity index (χ2n) is 8.30. The summed E-state index contributed by atoms with van der Waals surface area (Å²) in [5, 5.41) is 24.2. The molecule has 0 aliphatic carbocycles. The van der Waals surface area contributed by atoms with Crippen LogP contribution in [0, 0.1) is 0 Å². The van der Waals surface area contributed by atoms with Crippen LogP contribution in [0.3, 0.4) is 0 Å². The predicted molar refractivity (Wildman–Crippen MR) is 132 cm³/mol. The number of aliphatic hydroxyl groups excluding tert-OH is 2. The normalized spacial score (nSPS) is 22.8. The highest BCUT2D eigenvalue weighted by Gasteiger charge is 2.45. The molecule has 1 fully saturated rings. The first-order chi connectivity index (χ1) is 16.6. The van der Waals surface area contributed by atoms with Gasteiger partial charge in [-0.15, -0.1) is 0 Å². The van der Waals surface area contributed by atoms with Gasteiger partial charge in [0.15, 0.2) is 6.10 Å². The van der Waals surface area contributed by atoms with E-state index in [0.717, 1.165) is 15.6 Å². The first-order valence-corrected chi connectivity index (χ1v) is 13.5. The van der Waals surface area contributed by atoms with E-state index in [9.17, 15) is 15.0 Å². The first kappa shape index (κ1) is 24.3. The molecule has 3 aromatic carbocycles. The molecule has 0 amide bonds. The monoisotopic (exact) mass is 478 g/mol. The van der Waals surface area contributed by atoms with E-state index in [-0.39, 0.29) is 19.6 Å². The molecule has 6 nitrogen and oxygen atoms in total. The van der Waals surface area contributed by atoms with Crippen LogP contribution in [0.2, 0.25) is 0 Å². The number of carbonyl (C=O) groups is 1. The zero-order chi connectivity index (χ0) is 24.0. The summed E-state index contributed by atoms with van der Waals surface area (Å²) in [4.78, 5) is 12.3. The smallest absolute Gasteiger partial charge is 0.335 e. The third-order valence-corrected chi connectivity index (χ3v) is 10.2. The molecule has 3 aromatic rings. The van der Waals surface area contributed by atoms with Gasteiger partial charge in [0, 0.05) is 6.42 Å². The molecular weight excluding hydrogens is 448 g/mol. The van der Waals surface area contributed by atoms with E-state index in [1.165, 1.54) is 0 Å². The Labute approximate surface area is 200 Å². The quantitative estimate of drug-likeness (QED) is 0.287. The minimum absolute atomic E-state index is 0.000956. The molecule has 4 rings (SSSR count). The Bertz CT molecular complexity index is 950. The maximum absolute atomic E-state index is 12.3. The molecule has 0 unspecified atom stereocenters. The Kier molecular flexibility index (Phi) is 7.92. The summed E-state index contributed by atoms with van der Waals surface area (Å²) in [5.41, 5.74) is 0. The number of carbonyl (C=O) groups excluding carboxylic acids is 1. The summed E-state index contributed by atoms with van der Waals surface area (Å²) in [6.07, 6.45) is -4.15. The van der Waals surface area contributed by atoms with Crippen molar-refractivity contribution in [1.29, 1.82) is 0 Å². The molecule has 34 heavy (non-hydrogen) atoms. The van der Waals surface area contributed by atoms with Gasteiger partial charge in [0.05, 0.1) is 19.3 Å². The third kappa shape index (κ3) is 4.99. The number of ether oxygens (including phenoxy) is 2. The van der Waals surface area contributed by atoms with E-state index in [1.807, 2.05) is 54.6 Å². The van der Waals surface area contributed by atoms with Crippen molar-refractivity contribution >= 4 is 29.8 Å². The average molecular weight is 479 g/mol. The summed E-state index contributed by atoms with van der Waals surface area (Å²) in [6.45, 7) is 1.93. The van der Waals surface area contributed by atoms with Crippen LogP contribution in [-0.4, -0.2) is 62.1 Å². The van der Waals surface area contributed by atoms with Gasteiger partial charge in [0.25, 0.3) is 8.32 Å². The number of hydrogen-bond acceptors (Lipinski definition) is 6. The van der Waals surface area contributed by atoms with Gasteiger partial charge in [-0.3, -0.25) is 0 Å². The number of aliphatic hydroxyl groups is 2. The second-order valence-corrected chi connectivity index (χ2v) is 11.7. The molecule has 1 aliphatic rings. The SMILES string of the molecule is CCOC(=O)[C@@H]1C[C@@H](O)[C@H](O)[C@@H](CO[Si](c2ccccc2)(c2ccccc2)c2ccccc2)O1. The zero-order valence-electron chi connectivity index (χ0n) is 19.1. The Balaban J connectivity index is 1.72. The molecule has 0 bridgehead atoms. The van der Waals surface area contributed by atoms with Gasteiger partial charge in [0.2, 0.25) is 0 Å². The van der Waals surface area contributed by atoms with Crippen molar-refractivity contribution in [3.05, 3.63) is 91.0 Å². The number of benzene rings is 3. The Hall–Kier alpha value is -2.81. The molecule has 0 spiro atoms. The van der Waals surface area contributed by atoms with E-state index in [4.69, 9.17) is 13.9 Å². The van der Waals surface area contributed by atoms with Crippen molar-refractivity contribution in [3.63, 3.8) is 0 Å². The van der Waals surface area contributed by atoms with Crippen LogP contribution in [0.4, 0.5) is 0 Å². The van der Waals surface area contributed by atoms with Gasteiger partial charge in [-0.2, -0.15) is 0 Å². The number of esters is 1. The van der Waals surface area contributed by atoms with Crippen LogP contribution in [-0.2, 0) is 18.7 Å². The highest BCUT2D eigenvalue weighted by molar-refractivity contribution is 7.07. The summed E-state index contributed by atoms with van der Waals surface area (Å²) in [5.74, 6) is -0.545. The second kappa shape index (κ2) is 11.1. The molecule has 0 saturated carbocycles. The molecule has 2 N–H and O–H groups in total. The van der Waals surface area contributed by atoms with Crippen molar-refractivity contribution in [2.45, 2.75) is 37.8 Å². The average Bonchev–Trinajstić information content (AvgIpc) is 2.88. The summed E-state index contributed by atoms with van der Waals surface area (Å²) in [7, 11) is -3.01. The van der Waals surface area contributed by atoms with Crippen LogP contribution >= 0.6 is 0 Å². The molecule has 178 valence electrons. The van der Waals surface area contributed by atoms with Crippen LogP contribution in [0.1, 0.15) is 13.3 Å². The van der Waals surface area contributed by atoms with Crippen molar-refractivity contribution < 1.29 is 28.9 Å². The van der Waals surface area contributed by atoms with Crippen molar-refractivity contribution in [2.24, 2.45) is 0 Å². The van der Waals surface area contributed by atoms with Gasteiger partial charge in [0.1, 0.15) is 12.2 Å². The van der Waals surface area contributed by atoms with Gasteiger partial charge >= 0.3 is 5.97 Å². The topological polar surface area (TPSA) is 85.2 Å². The van der Waals surface area contributed by atoms with Crippen molar-refractivity contribution in [3.8, 4) is 0 Å². The molecule has 4 atom stereocenters. The summed E-state index contributed by atoms with van der Waals surface area (Å²) < 4.78 is 17.8. The van der Waals surface area contributed by atoms with E-state index in [2.05, 4.69) is 36.4 Å². The molecule has 1 aliphatic heterocycles. The zero-order valence-corrected chi connectivity index (χ0v) is 20.1. The number of rotatable bonds is 8. The maximum atomic E-state index is 12.3. The lowest BCUT2D eigenvalue weighted by Crippen LogP contribution is -2.70. The molecule has 0 radical (unpaired) electrons. The Morgan fingerprint density at radius 3 is 1.79 bits per heavy atom. The van der Waals surface area contributed by atoms with E-state index < -0.39 is 38.7 Å². The highest BCUT2D eigenvalue weighted by Crippen LogP contribution is 2.23. The number of hydrogen-bond donors (Lipinski definition) is 2. The van der Waals surface area contributed by atoms with Crippen molar-refractivity contribution in [2.75, 3.05) is 13.2 Å². The fraction of sp³-hybridized carbons (Fsp3) is 0.296. The minimum Gasteiger partial charge on any atom is -0.464 e. The maximum Gasteiger partial charge on any atom is 0.335 e. The van der Waals surface area contributed by atoms with E-state index in [0.29, 0.717) is 0 Å². The van der Waals surface area contributed by atoms with Crippen LogP contribution in [0.5, 0.6) is 0 Å². The Morgan fingerprint density at radius 2 is 1.35 bits per heavy atom. The van der Waals surface area contributed by atoms with Crippen molar-refractivity contribution in [1.82, 2.24) is 0 Å². The molecule has 1 saturated heterocycles. The van der Waals surface area contributed by atoms with Crippen LogP contribution < -0.4 is 15.6 Å². The molecule has 1 heterocycles. The fourth-order valence-electron chi connectivity index (χ4n) is 4.45. The fourth-order valence-corrected chi connectivity index (χ4v) is 8.35. The minimum atomic E-state index is -3.01. The largest absolute Gasteiger partial charge is 0.464 e. The molecule has 0 aromatic heterocycles. The van der Waals surface area contributed by atoms with Crippen LogP contribution in [0.25, 0.3) is 0 Å². The van der Waals surface area contributed by atoms with Gasteiger partial charge < -0.3 is 24.1 Å². The lowest BCUT2D eigenvalue weighted by Gasteiger charge is -2.39. The standard InChI is InChI=1S/C27H30O6Si/c1-2-31-27(30)24-18-23(28)26(29)25(33-24)19-32-34(20-12-6-3-7-13-20,21-14-8-4-9-15-21)22-16-10-5-11-17-22/h3-17,23-26,28-29H,2,18-19H2,1H3/t23-,24+,25-,26+/m1/s1. The Morgan fingerprint density at radius 1 is 0.882 bits per heavy atom. The van der Waals surface area contributed by atoms with Gasteiger partial charge in [-0.1, -0.05) is 91.0 Å². The van der Waals surface area contributed by atoms with E-state index in [1.54, 1.807) is 6.92 Å². The summed E-state index contributed by atoms with van der Waals surface area (Å²) >= 11 is 0. The first-order valence-electron chi connectivity index (χ1n) is 11.5. The predicted octanol–water partition coefficient (Wildman–Crippen LogP) is 1.11. The molecular formula is C27H30O6Si. The lowest BCUT2D eigenvalue weighted by molar-refractivity contribution is -0.198. The van der Waals surface area contributed by atoms with E-state index >= 15 is 0 Å². The van der Waals surface area contributed by atoms with Crippen LogP contribution in [0.15, 0.2) is 91.0 Å². The van der Waals surface area contributed by atoms with Gasteiger partial charge in [-0.05, 0) is 22.5 Å². The molecule has 7 heteroatoms. The third-order valence-electron chi connectivity index (χ3n) is 6.12.